The van der Waals surface area contributed by atoms with Gasteiger partial charge in [0.25, 0.3) is 0 Å². The highest BCUT2D eigenvalue weighted by Gasteiger charge is 2.25. The lowest BCUT2D eigenvalue weighted by Gasteiger charge is -2.34. The van der Waals surface area contributed by atoms with E-state index in [-0.39, 0.29) is 10.9 Å². The van der Waals surface area contributed by atoms with Crippen molar-refractivity contribution in [2.45, 2.75) is 38.3 Å². The number of nitrogens with one attached hydrogen (secondary N) is 1. The summed E-state index contributed by atoms with van der Waals surface area (Å²) in [5, 5.41) is 8.36. The van der Waals surface area contributed by atoms with Crippen LogP contribution in [0, 0.1) is 12.7 Å². The Morgan fingerprint density at radius 2 is 1.86 bits per heavy atom. The number of halogens is 1. The SMILES string of the molecule is CCn1c(Oc2cccc(N3CCN(C)CC3)c2)nnc1[C@@H](C)NS(=O)(=O)c1cc(F)ccc1C. The molecule has 2 aromatic carbocycles. The van der Waals surface area contributed by atoms with E-state index >= 15 is 0 Å². The Hall–Kier alpha value is -3.02. The maximum atomic E-state index is 13.7. The Labute approximate surface area is 205 Å². The first kappa shape index (κ1) is 25.1. The molecule has 1 aliphatic rings. The lowest BCUT2D eigenvalue weighted by Crippen LogP contribution is -2.44. The van der Waals surface area contributed by atoms with E-state index in [0.29, 0.717) is 23.7 Å². The van der Waals surface area contributed by atoms with Gasteiger partial charge in [0.15, 0.2) is 5.82 Å². The van der Waals surface area contributed by atoms with Gasteiger partial charge in [-0.3, -0.25) is 4.57 Å². The summed E-state index contributed by atoms with van der Waals surface area (Å²) in [4.78, 5) is 4.50. The second kappa shape index (κ2) is 10.3. The molecular formula is C24H31FN6O3S. The molecule has 11 heteroatoms. The third-order valence-electron chi connectivity index (χ3n) is 6.12. The molecular weight excluding hydrogens is 471 g/mol. The number of aryl methyl sites for hydroxylation is 1. The van der Waals surface area contributed by atoms with E-state index in [0.717, 1.165) is 37.9 Å². The van der Waals surface area contributed by atoms with Gasteiger partial charge in [-0.15, -0.1) is 5.10 Å². The molecule has 1 atom stereocenters. The van der Waals surface area contributed by atoms with Crippen LogP contribution in [0.25, 0.3) is 0 Å². The first-order valence-corrected chi connectivity index (χ1v) is 13.1. The van der Waals surface area contributed by atoms with Crippen LogP contribution in [0.2, 0.25) is 0 Å². The number of nitrogens with zero attached hydrogens (tertiary/aromatic N) is 5. The molecule has 1 N–H and O–H groups in total. The van der Waals surface area contributed by atoms with E-state index in [2.05, 4.69) is 37.8 Å². The fourth-order valence-electron chi connectivity index (χ4n) is 4.12. The maximum absolute atomic E-state index is 13.7. The molecule has 0 amide bonds. The van der Waals surface area contributed by atoms with Gasteiger partial charge in [-0.25, -0.2) is 17.5 Å². The largest absolute Gasteiger partial charge is 0.424 e. The van der Waals surface area contributed by atoms with Crippen LogP contribution < -0.4 is 14.4 Å². The molecule has 0 bridgehead atoms. The van der Waals surface area contributed by atoms with Crippen molar-refractivity contribution in [2.24, 2.45) is 0 Å². The molecule has 188 valence electrons. The van der Waals surface area contributed by atoms with Crippen LogP contribution in [0.1, 0.15) is 31.3 Å². The maximum Gasteiger partial charge on any atom is 0.322 e. The van der Waals surface area contributed by atoms with Gasteiger partial charge >= 0.3 is 6.01 Å². The smallest absolute Gasteiger partial charge is 0.322 e. The average Bonchev–Trinajstić information content (AvgIpc) is 3.23. The molecule has 0 unspecified atom stereocenters. The second-order valence-electron chi connectivity index (χ2n) is 8.73. The van der Waals surface area contributed by atoms with Crippen molar-refractivity contribution in [3.8, 4) is 11.8 Å². The fourth-order valence-corrected chi connectivity index (χ4v) is 5.58. The number of piperazine rings is 1. The molecule has 0 aliphatic carbocycles. The van der Waals surface area contributed by atoms with Gasteiger partial charge < -0.3 is 14.5 Å². The van der Waals surface area contributed by atoms with Gasteiger partial charge in [-0.1, -0.05) is 17.2 Å². The molecule has 2 heterocycles. The monoisotopic (exact) mass is 502 g/mol. The highest BCUT2D eigenvalue weighted by Crippen LogP contribution is 2.28. The predicted molar refractivity (Wildman–Crippen MR) is 132 cm³/mol. The normalized spacial score (nSPS) is 15.9. The quantitative estimate of drug-likeness (QED) is 0.505. The van der Waals surface area contributed by atoms with Gasteiger partial charge in [0.05, 0.1) is 10.9 Å². The van der Waals surface area contributed by atoms with Gasteiger partial charge in [0.1, 0.15) is 11.6 Å². The molecule has 9 nitrogen and oxygen atoms in total. The van der Waals surface area contributed by atoms with Crippen molar-refractivity contribution in [2.75, 3.05) is 38.1 Å². The van der Waals surface area contributed by atoms with Crippen LogP contribution in [0.15, 0.2) is 47.4 Å². The lowest BCUT2D eigenvalue weighted by molar-refractivity contribution is 0.312. The van der Waals surface area contributed by atoms with Crippen molar-refractivity contribution < 1.29 is 17.5 Å². The Kier molecular flexibility index (Phi) is 7.39. The highest BCUT2D eigenvalue weighted by molar-refractivity contribution is 7.89. The molecule has 0 saturated carbocycles. The van der Waals surface area contributed by atoms with E-state index in [4.69, 9.17) is 4.74 Å². The number of ether oxygens (including phenoxy) is 1. The Morgan fingerprint density at radius 1 is 1.11 bits per heavy atom. The summed E-state index contributed by atoms with van der Waals surface area (Å²) in [5.74, 6) is 0.406. The molecule has 0 spiro atoms. The van der Waals surface area contributed by atoms with Crippen LogP contribution >= 0.6 is 0 Å². The summed E-state index contributed by atoms with van der Waals surface area (Å²) in [5.41, 5.74) is 1.53. The topological polar surface area (TPSA) is 92.6 Å². The number of hydrogen-bond acceptors (Lipinski definition) is 7. The van der Waals surface area contributed by atoms with Crippen molar-refractivity contribution >= 4 is 15.7 Å². The third-order valence-corrected chi connectivity index (χ3v) is 7.80. The number of hydrogen-bond donors (Lipinski definition) is 1. The van der Waals surface area contributed by atoms with Gasteiger partial charge in [-0.05, 0) is 57.6 Å². The fraction of sp³-hybridized carbons (Fsp3) is 0.417. The van der Waals surface area contributed by atoms with Crippen molar-refractivity contribution in [1.82, 2.24) is 24.4 Å². The highest BCUT2D eigenvalue weighted by atomic mass is 32.2. The molecule has 1 fully saturated rings. The number of sulfonamides is 1. The third kappa shape index (κ3) is 5.63. The minimum absolute atomic E-state index is 0.107. The number of aromatic nitrogens is 3. The summed E-state index contributed by atoms with van der Waals surface area (Å²) in [6, 6.07) is 11.0. The number of benzene rings is 2. The first-order valence-electron chi connectivity index (χ1n) is 11.6. The minimum atomic E-state index is -3.98. The first-order chi connectivity index (χ1) is 16.7. The van der Waals surface area contributed by atoms with Crippen molar-refractivity contribution in [1.29, 1.82) is 0 Å². The zero-order valence-electron chi connectivity index (χ0n) is 20.4. The summed E-state index contributed by atoms with van der Waals surface area (Å²) in [6.45, 7) is 9.55. The minimum Gasteiger partial charge on any atom is -0.424 e. The molecule has 4 rings (SSSR count). The van der Waals surface area contributed by atoms with Gasteiger partial charge in [0.2, 0.25) is 10.0 Å². The predicted octanol–water partition coefficient (Wildman–Crippen LogP) is 3.33. The Bertz CT molecular complexity index is 1290. The zero-order chi connectivity index (χ0) is 25.2. The summed E-state index contributed by atoms with van der Waals surface area (Å²) < 4.78 is 49.9. The molecule has 1 aliphatic heterocycles. The van der Waals surface area contributed by atoms with E-state index in [1.165, 1.54) is 12.1 Å². The summed E-state index contributed by atoms with van der Waals surface area (Å²) in [6.07, 6.45) is 0. The van der Waals surface area contributed by atoms with Gasteiger partial charge in [-0.2, -0.15) is 0 Å². The van der Waals surface area contributed by atoms with E-state index in [1.54, 1.807) is 18.4 Å². The van der Waals surface area contributed by atoms with E-state index in [1.807, 2.05) is 25.1 Å². The van der Waals surface area contributed by atoms with Crippen molar-refractivity contribution in [3.63, 3.8) is 0 Å². The number of likely N-dealkylation sites (N-methyl/N-ethyl adjacent to an activating group) is 1. The second-order valence-corrected chi connectivity index (χ2v) is 10.4. The lowest BCUT2D eigenvalue weighted by atomic mass is 10.2. The van der Waals surface area contributed by atoms with Crippen LogP contribution in [0.3, 0.4) is 0 Å². The molecule has 0 radical (unpaired) electrons. The van der Waals surface area contributed by atoms with Crippen LogP contribution in [0.5, 0.6) is 11.8 Å². The van der Waals surface area contributed by atoms with E-state index < -0.39 is 21.9 Å². The number of rotatable bonds is 8. The van der Waals surface area contributed by atoms with E-state index in [9.17, 15) is 12.8 Å². The Morgan fingerprint density at radius 3 is 2.57 bits per heavy atom. The van der Waals surface area contributed by atoms with Crippen LogP contribution in [-0.2, 0) is 16.6 Å². The van der Waals surface area contributed by atoms with Gasteiger partial charge in [0, 0.05) is 44.5 Å². The number of anilines is 1. The van der Waals surface area contributed by atoms with Crippen LogP contribution in [-0.4, -0.2) is 61.3 Å². The van der Waals surface area contributed by atoms with Crippen LogP contribution in [0.4, 0.5) is 10.1 Å². The Balaban J connectivity index is 1.52. The van der Waals surface area contributed by atoms with Crippen molar-refractivity contribution in [3.05, 3.63) is 59.7 Å². The summed E-state index contributed by atoms with van der Waals surface area (Å²) >= 11 is 0. The molecule has 35 heavy (non-hydrogen) atoms. The molecule has 3 aromatic rings. The average molecular weight is 503 g/mol. The standard InChI is InChI=1S/C24H31FN6O3S/c1-5-31-23(18(3)28-35(32,33)22-15-19(25)10-9-17(22)2)26-27-24(31)34-21-8-6-7-20(16-21)30-13-11-29(4)12-14-30/h6-10,15-16,18,28H,5,11-14H2,1-4H3/t18-/m1/s1. The molecule has 1 saturated heterocycles. The zero-order valence-corrected chi connectivity index (χ0v) is 21.2. The molecule has 1 aromatic heterocycles. The summed E-state index contributed by atoms with van der Waals surface area (Å²) in [7, 11) is -1.86.